The summed E-state index contributed by atoms with van der Waals surface area (Å²) in [6, 6.07) is 12.6. The maximum atomic E-state index is 12.8. The van der Waals surface area contributed by atoms with E-state index in [1.165, 1.54) is 24.3 Å². The number of halogens is 3. The summed E-state index contributed by atoms with van der Waals surface area (Å²) in [6.07, 6.45) is -1.92. The lowest BCUT2D eigenvalue weighted by molar-refractivity contribution is -0.154. The molecule has 0 unspecified atom stereocenters. The van der Waals surface area contributed by atoms with E-state index in [4.69, 9.17) is 9.47 Å². The van der Waals surface area contributed by atoms with E-state index in [0.29, 0.717) is 11.3 Å². The first kappa shape index (κ1) is 31.2. The highest BCUT2D eigenvalue weighted by molar-refractivity contribution is 7.90. The number of aromatic nitrogens is 3. The molecule has 0 fully saturated rings. The monoisotopic (exact) mass is 620 g/mol. The second kappa shape index (κ2) is 14.0. The van der Waals surface area contributed by atoms with Crippen molar-refractivity contribution < 1.29 is 40.7 Å². The smallest absolute Gasteiger partial charge is 0.422 e. The van der Waals surface area contributed by atoms with Gasteiger partial charge in [-0.15, -0.1) is 0 Å². The molecule has 2 aromatic carbocycles. The van der Waals surface area contributed by atoms with Gasteiger partial charge in [-0.2, -0.15) is 28.1 Å². The molecule has 3 aromatic rings. The number of hydrogen-bond donors (Lipinski definition) is 3. The zero-order chi connectivity index (χ0) is 30.9. The maximum Gasteiger partial charge on any atom is 0.422 e. The van der Waals surface area contributed by atoms with Crippen molar-refractivity contribution in [1.82, 2.24) is 25.0 Å². The molecule has 228 valence electrons. The Morgan fingerprint density at radius 3 is 2.35 bits per heavy atom. The van der Waals surface area contributed by atoms with E-state index in [-0.39, 0.29) is 49.9 Å². The molecule has 0 aliphatic carbocycles. The lowest BCUT2D eigenvalue weighted by Gasteiger charge is -2.12. The lowest BCUT2D eigenvalue weighted by atomic mass is 10.1. The fourth-order valence-electron chi connectivity index (χ4n) is 3.67. The molecule has 2 amide bonds. The van der Waals surface area contributed by atoms with Gasteiger partial charge in [0.05, 0.1) is 5.75 Å². The molecule has 6 bridgehead atoms. The summed E-state index contributed by atoms with van der Waals surface area (Å²) in [5.74, 6) is -1.06. The van der Waals surface area contributed by atoms with Crippen LogP contribution in [-0.4, -0.2) is 66.9 Å². The number of ether oxygens (including phenoxy) is 2. The van der Waals surface area contributed by atoms with E-state index in [1.54, 1.807) is 36.4 Å². The molecule has 1 aromatic heterocycles. The highest BCUT2D eigenvalue weighted by Gasteiger charge is 2.29. The molecule has 0 radical (unpaired) electrons. The zero-order valence-electron chi connectivity index (χ0n) is 22.6. The number of carbonyl (C=O) groups is 2. The zero-order valence-corrected chi connectivity index (χ0v) is 23.4. The Kier molecular flexibility index (Phi) is 10.1. The van der Waals surface area contributed by atoms with Crippen molar-refractivity contribution in [1.29, 1.82) is 0 Å². The van der Waals surface area contributed by atoms with Crippen LogP contribution in [-0.2, 0) is 27.8 Å². The predicted molar refractivity (Wildman–Crippen MR) is 148 cm³/mol. The fraction of sp³-hybridized carbons (Fsp3) is 0.296. The number of nitrogens with zero attached hydrogens (tertiary/aromatic N) is 3. The van der Waals surface area contributed by atoms with Crippen molar-refractivity contribution in [2.24, 2.45) is 0 Å². The Bertz CT molecular complexity index is 1570. The first-order valence-corrected chi connectivity index (χ1v) is 14.5. The molecule has 3 aliphatic rings. The number of fused-ring (bicyclic) bond motifs is 2. The fourth-order valence-corrected chi connectivity index (χ4v) is 4.60. The van der Waals surface area contributed by atoms with Gasteiger partial charge in [-0.25, -0.2) is 8.42 Å². The number of sulfonamides is 1. The molecule has 12 nitrogen and oxygen atoms in total. The van der Waals surface area contributed by atoms with Crippen LogP contribution in [0.25, 0.3) is 0 Å². The number of anilines is 1. The number of nitrogens with one attached hydrogen (secondary N) is 3. The second-order valence-electron chi connectivity index (χ2n) is 9.23. The molecular formula is C27H27F3N6O6S. The minimum atomic E-state index is -4.59. The van der Waals surface area contributed by atoms with Gasteiger partial charge in [0.2, 0.25) is 21.9 Å². The third-order valence-corrected chi connectivity index (χ3v) is 6.88. The van der Waals surface area contributed by atoms with E-state index < -0.39 is 46.4 Å². The summed E-state index contributed by atoms with van der Waals surface area (Å²) in [7, 11) is -3.91. The van der Waals surface area contributed by atoms with Crippen LogP contribution in [0.4, 0.5) is 19.1 Å². The standard InChI is InChI=1S/C27H27F3N6O6S/c28-27(29,30)17-42-26-34-22-15-18-3-7-20(8-4-18)24(38)31-12-11-23(37)36-43(39,40)14-2-1-13-41-21-9-5-19(6-10-21)16-32-25(33-22)35-26/h1-10H,11-17H2,(H,31,38)(H,36,37)(H,32,33,34,35)/b2-1+. The maximum absolute atomic E-state index is 12.8. The Morgan fingerprint density at radius 1 is 0.907 bits per heavy atom. The van der Waals surface area contributed by atoms with E-state index >= 15 is 0 Å². The first-order chi connectivity index (χ1) is 20.4. The lowest BCUT2D eigenvalue weighted by Crippen LogP contribution is -2.35. The molecule has 0 spiro atoms. The van der Waals surface area contributed by atoms with Crippen molar-refractivity contribution in [3.05, 3.63) is 83.2 Å². The van der Waals surface area contributed by atoms with Crippen molar-refractivity contribution in [3.8, 4) is 11.8 Å². The average molecular weight is 621 g/mol. The summed E-state index contributed by atoms with van der Waals surface area (Å²) in [6.45, 7) is -1.39. The highest BCUT2D eigenvalue weighted by Crippen LogP contribution is 2.19. The van der Waals surface area contributed by atoms with E-state index in [1.807, 2.05) is 4.72 Å². The van der Waals surface area contributed by atoms with Crippen molar-refractivity contribution in [2.75, 3.05) is 30.8 Å². The molecule has 3 N–H and O–H groups in total. The van der Waals surface area contributed by atoms with Gasteiger partial charge in [-0.1, -0.05) is 36.4 Å². The van der Waals surface area contributed by atoms with Gasteiger partial charge in [0.1, 0.15) is 18.2 Å². The molecule has 0 atom stereocenters. The predicted octanol–water partition coefficient (Wildman–Crippen LogP) is 2.53. The van der Waals surface area contributed by atoms with Crippen molar-refractivity contribution >= 4 is 27.8 Å². The van der Waals surface area contributed by atoms with Crippen LogP contribution in [0.1, 0.15) is 33.7 Å². The third kappa shape index (κ3) is 10.6. The van der Waals surface area contributed by atoms with Gasteiger partial charge in [0.15, 0.2) is 6.61 Å². The molecule has 0 saturated heterocycles. The van der Waals surface area contributed by atoms with Gasteiger partial charge in [0.25, 0.3) is 5.91 Å². The number of amides is 2. The number of rotatable bonds is 2. The third-order valence-electron chi connectivity index (χ3n) is 5.71. The minimum Gasteiger partial charge on any atom is -0.490 e. The summed E-state index contributed by atoms with van der Waals surface area (Å²) >= 11 is 0. The highest BCUT2D eigenvalue weighted by atomic mass is 32.2. The molecule has 6 rings (SSSR count). The Labute approximate surface area is 244 Å². The van der Waals surface area contributed by atoms with Gasteiger partial charge in [-0.05, 0) is 35.4 Å². The van der Waals surface area contributed by atoms with Gasteiger partial charge in [0, 0.05) is 31.5 Å². The molecular weight excluding hydrogens is 593 g/mol. The Morgan fingerprint density at radius 2 is 1.63 bits per heavy atom. The van der Waals surface area contributed by atoms with Crippen LogP contribution in [0.2, 0.25) is 0 Å². The molecule has 3 aliphatic heterocycles. The van der Waals surface area contributed by atoms with E-state index in [9.17, 15) is 31.2 Å². The summed E-state index contributed by atoms with van der Waals surface area (Å²) in [4.78, 5) is 36.8. The van der Waals surface area contributed by atoms with Crippen molar-refractivity contribution in [2.45, 2.75) is 25.6 Å². The van der Waals surface area contributed by atoms with Crippen LogP contribution in [0, 0.1) is 0 Å². The number of hydrogen-bond acceptors (Lipinski definition) is 10. The number of carbonyl (C=O) groups excluding carboxylic acids is 2. The van der Waals surface area contributed by atoms with Gasteiger partial charge >= 0.3 is 12.2 Å². The van der Waals surface area contributed by atoms with Gasteiger partial charge < -0.3 is 20.1 Å². The van der Waals surface area contributed by atoms with Crippen LogP contribution >= 0.6 is 0 Å². The topological polar surface area (TPSA) is 162 Å². The number of alkyl halides is 3. The van der Waals surface area contributed by atoms with E-state index in [2.05, 4.69) is 25.6 Å². The summed E-state index contributed by atoms with van der Waals surface area (Å²) < 4.78 is 74.9. The van der Waals surface area contributed by atoms with Crippen LogP contribution in [0.15, 0.2) is 60.7 Å². The van der Waals surface area contributed by atoms with Crippen LogP contribution < -0.4 is 24.8 Å². The first-order valence-electron chi connectivity index (χ1n) is 12.9. The summed E-state index contributed by atoms with van der Waals surface area (Å²) in [5, 5.41) is 5.50. The largest absolute Gasteiger partial charge is 0.490 e. The minimum absolute atomic E-state index is 0.00376. The van der Waals surface area contributed by atoms with Gasteiger partial charge in [-0.3, -0.25) is 14.3 Å². The summed E-state index contributed by atoms with van der Waals surface area (Å²) in [5.41, 5.74) is 1.69. The molecule has 16 heteroatoms. The van der Waals surface area contributed by atoms with Crippen LogP contribution in [0.5, 0.6) is 11.8 Å². The SMILES string of the molecule is O=C1CCNC(=O)c2ccc(cc2)Cc2nc(nc(OCC(F)(F)F)n2)NCc2ccc(cc2)OC/C=C/CS(=O)(=O)N1. The second-order valence-corrected chi connectivity index (χ2v) is 11.0. The van der Waals surface area contributed by atoms with Crippen molar-refractivity contribution in [3.63, 3.8) is 0 Å². The Hall–Kier alpha value is -4.73. The number of benzene rings is 2. The molecule has 0 saturated carbocycles. The molecule has 4 heterocycles. The average Bonchev–Trinajstić information content (AvgIpc) is 2.94. The quantitative estimate of drug-likeness (QED) is 0.363. The van der Waals surface area contributed by atoms with E-state index in [0.717, 1.165) is 5.56 Å². The normalized spacial score (nSPS) is 17.2. The molecule has 43 heavy (non-hydrogen) atoms. The van der Waals surface area contributed by atoms with Crippen LogP contribution in [0.3, 0.4) is 0 Å². The Balaban J connectivity index is 1.55.